The molecular formula is C26H37N3O4. The third-order valence-electron chi connectivity index (χ3n) is 5.92. The summed E-state index contributed by atoms with van der Waals surface area (Å²) in [7, 11) is 1.64. The number of methoxy groups -OCH3 is 1. The molecule has 1 aliphatic heterocycles. The largest absolute Gasteiger partial charge is 0.497 e. The van der Waals surface area contributed by atoms with Crippen molar-refractivity contribution in [3.63, 3.8) is 0 Å². The topological polar surface area (TPSA) is 73.7 Å². The van der Waals surface area contributed by atoms with E-state index in [-0.39, 0.29) is 17.4 Å². The minimum absolute atomic E-state index is 0.0327. The van der Waals surface area contributed by atoms with Crippen molar-refractivity contribution in [2.75, 3.05) is 26.7 Å². The van der Waals surface area contributed by atoms with Crippen molar-refractivity contribution in [2.24, 2.45) is 0 Å². The Kier molecular flexibility index (Phi) is 8.30. The Hall–Kier alpha value is -2.67. The summed E-state index contributed by atoms with van der Waals surface area (Å²) < 4.78 is 12.3. The van der Waals surface area contributed by atoms with Crippen molar-refractivity contribution in [1.82, 2.24) is 14.7 Å². The van der Waals surface area contributed by atoms with Gasteiger partial charge in [-0.05, 0) is 70.3 Å². The summed E-state index contributed by atoms with van der Waals surface area (Å²) in [5.74, 6) is 0.866. The molecule has 1 fully saturated rings. The molecule has 0 saturated carbocycles. The van der Waals surface area contributed by atoms with Crippen LogP contribution in [0.5, 0.6) is 5.75 Å². The van der Waals surface area contributed by atoms with Gasteiger partial charge in [0.1, 0.15) is 11.4 Å². The normalized spacial score (nSPS) is 17.1. The maximum Gasteiger partial charge on any atom is 0.307 e. The Morgan fingerprint density at radius 2 is 1.94 bits per heavy atom. The summed E-state index contributed by atoms with van der Waals surface area (Å²) in [6, 6.07) is 9.70. The van der Waals surface area contributed by atoms with Gasteiger partial charge in [0.2, 0.25) is 0 Å². The third-order valence-corrected chi connectivity index (χ3v) is 5.92. The summed E-state index contributed by atoms with van der Waals surface area (Å²) in [6.45, 7) is 10.6. The zero-order valence-corrected chi connectivity index (χ0v) is 20.6. The van der Waals surface area contributed by atoms with Crippen molar-refractivity contribution in [3.8, 4) is 5.75 Å². The van der Waals surface area contributed by atoms with Crippen LogP contribution in [0, 0.1) is 0 Å². The number of benzene rings is 1. The van der Waals surface area contributed by atoms with E-state index < -0.39 is 5.60 Å². The lowest BCUT2D eigenvalue weighted by molar-refractivity contribution is -0.155. The van der Waals surface area contributed by atoms with Gasteiger partial charge in [0.15, 0.2) is 0 Å². The maximum absolute atomic E-state index is 12.9. The maximum atomic E-state index is 12.9. The van der Waals surface area contributed by atoms with E-state index in [1.165, 1.54) is 0 Å². The standard InChI is InChI=1S/C26H37N3O4/c1-6-20-16-23(27-29(25(20)31)17-19-9-11-22(32-5)12-10-19)21-8-7-14-28(18-21)15-13-24(30)33-26(2,3)4/h9-12,16,21H,6-8,13-15,17-18H2,1-5H3. The lowest BCUT2D eigenvalue weighted by atomic mass is 9.93. The summed E-state index contributed by atoms with van der Waals surface area (Å²) in [6.07, 6.45) is 3.13. The van der Waals surface area contributed by atoms with Gasteiger partial charge in [-0.3, -0.25) is 9.59 Å². The van der Waals surface area contributed by atoms with Gasteiger partial charge in [-0.15, -0.1) is 0 Å². The van der Waals surface area contributed by atoms with E-state index >= 15 is 0 Å². The average molecular weight is 456 g/mol. The second kappa shape index (κ2) is 11.0. The molecule has 33 heavy (non-hydrogen) atoms. The van der Waals surface area contributed by atoms with E-state index in [2.05, 4.69) is 4.90 Å². The first kappa shape index (κ1) is 25.0. The molecule has 3 rings (SSSR count). The van der Waals surface area contributed by atoms with Crippen LogP contribution in [0.4, 0.5) is 0 Å². The molecule has 0 aliphatic carbocycles. The molecule has 0 amide bonds. The Morgan fingerprint density at radius 1 is 1.21 bits per heavy atom. The van der Waals surface area contributed by atoms with Crippen LogP contribution >= 0.6 is 0 Å². The van der Waals surface area contributed by atoms with E-state index in [9.17, 15) is 9.59 Å². The number of aryl methyl sites for hydroxylation is 1. The lowest BCUT2D eigenvalue weighted by Crippen LogP contribution is -2.38. The van der Waals surface area contributed by atoms with Crippen molar-refractivity contribution in [3.05, 3.63) is 57.5 Å². The molecule has 2 aromatic rings. The molecule has 1 aliphatic rings. The van der Waals surface area contributed by atoms with Crippen LogP contribution < -0.4 is 10.3 Å². The quantitative estimate of drug-likeness (QED) is 0.564. The molecule has 180 valence electrons. The summed E-state index contributed by atoms with van der Waals surface area (Å²) in [4.78, 5) is 27.4. The number of rotatable bonds is 8. The minimum Gasteiger partial charge on any atom is -0.497 e. The van der Waals surface area contributed by atoms with Crippen molar-refractivity contribution < 1.29 is 14.3 Å². The Morgan fingerprint density at radius 3 is 2.58 bits per heavy atom. The molecule has 7 heteroatoms. The van der Waals surface area contributed by atoms with Crippen LogP contribution in [0.1, 0.15) is 69.7 Å². The number of carbonyl (C=O) groups is 1. The molecule has 0 spiro atoms. The zero-order valence-electron chi connectivity index (χ0n) is 20.6. The number of aromatic nitrogens is 2. The fourth-order valence-electron chi connectivity index (χ4n) is 4.23. The van der Waals surface area contributed by atoms with Gasteiger partial charge in [0.05, 0.1) is 25.8 Å². The summed E-state index contributed by atoms with van der Waals surface area (Å²) >= 11 is 0. The molecule has 1 unspecified atom stereocenters. The number of hydrogen-bond acceptors (Lipinski definition) is 6. The molecule has 0 radical (unpaired) electrons. The van der Waals surface area contributed by atoms with E-state index in [1.54, 1.807) is 11.8 Å². The number of carbonyl (C=O) groups excluding carboxylic acids is 1. The highest BCUT2D eigenvalue weighted by Gasteiger charge is 2.25. The average Bonchev–Trinajstić information content (AvgIpc) is 2.78. The van der Waals surface area contributed by atoms with E-state index in [1.807, 2.05) is 58.0 Å². The molecular weight excluding hydrogens is 418 g/mol. The molecule has 0 bridgehead atoms. The van der Waals surface area contributed by atoms with Crippen LogP contribution in [0.2, 0.25) is 0 Å². The highest BCUT2D eigenvalue weighted by molar-refractivity contribution is 5.70. The van der Waals surface area contributed by atoms with Gasteiger partial charge < -0.3 is 14.4 Å². The number of nitrogens with zero attached hydrogens (tertiary/aromatic N) is 3. The number of likely N-dealkylation sites (tertiary alicyclic amines) is 1. The molecule has 1 atom stereocenters. The SMILES string of the molecule is CCc1cc(C2CCCN(CCC(=O)OC(C)(C)C)C2)nn(Cc2ccc(OC)cc2)c1=O. The monoisotopic (exact) mass is 455 g/mol. The first-order chi connectivity index (χ1) is 15.7. The molecule has 0 N–H and O–H groups in total. The smallest absolute Gasteiger partial charge is 0.307 e. The first-order valence-electron chi connectivity index (χ1n) is 11.9. The second-order valence-corrected chi connectivity index (χ2v) is 9.74. The van der Waals surface area contributed by atoms with Gasteiger partial charge >= 0.3 is 5.97 Å². The van der Waals surface area contributed by atoms with Crippen LogP contribution in [-0.2, 0) is 22.5 Å². The Labute approximate surface area is 196 Å². The first-order valence-corrected chi connectivity index (χ1v) is 11.9. The van der Waals surface area contributed by atoms with Crippen LogP contribution in [0.3, 0.4) is 0 Å². The van der Waals surface area contributed by atoms with Crippen molar-refractivity contribution >= 4 is 5.97 Å². The predicted molar refractivity (Wildman–Crippen MR) is 129 cm³/mol. The van der Waals surface area contributed by atoms with Crippen molar-refractivity contribution in [1.29, 1.82) is 0 Å². The summed E-state index contributed by atoms with van der Waals surface area (Å²) in [5, 5.41) is 4.78. The highest BCUT2D eigenvalue weighted by Crippen LogP contribution is 2.26. The van der Waals surface area contributed by atoms with Gasteiger partial charge in [-0.2, -0.15) is 5.10 Å². The third kappa shape index (κ3) is 7.16. The number of hydrogen-bond donors (Lipinski definition) is 0. The van der Waals surface area contributed by atoms with Gasteiger partial charge in [0.25, 0.3) is 5.56 Å². The van der Waals surface area contributed by atoms with E-state index in [0.29, 0.717) is 25.9 Å². The minimum atomic E-state index is -0.459. The van der Waals surface area contributed by atoms with Gasteiger partial charge in [-0.25, -0.2) is 4.68 Å². The highest BCUT2D eigenvalue weighted by atomic mass is 16.6. The van der Waals surface area contributed by atoms with Gasteiger partial charge in [-0.1, -0.05) is 19.1 Å². The van der Waals surface area contributed by atoms with E-state index in [0.717, 1.165) is 48.5 Å². The molecule has 1 saturated heterocycles. The second-order valence-electron chi connectivity index (χ2n) is 9.74. The molecule has 2 heterocycles. The van der Waals surface area contributed by atoms with Gasteiger partial charge in [0, 0.05) is 24.6 Å². The number of piperidine rings is 1. The fourth-order valence-corrected chi connectivity index (χ4v) is 4.23. The Balaban J connectivity index is 1.72. The van der Waals surface area contributed by atoms with Crippen LogP contribution in [-0.4, -0.2) is 53.0 Å². The van der Waals surface area contributed by atoms with Crippen LogP contribution in [0.25, 0.3) is 0 Å². The molecule has 1 aromatic carbocycles. The number of ether oxygens (including phenoxy) is 2. The molecule has 7 nitrogen and oxygen atoms in total. The van der Waals surface area contributed by atoms with Crippen molar-refractivity contribution in [2.45, 2.75) is 71.4 Å². The lowest BCUT2D eigenvalue weighted by Gasteiger charge is -2.32. The Bertz CT molecular complexity index is 992. The predicted octanol–water partition coefficient (Wildman–Crippen LogP) is 3.77. The fraction of sp³-hybridized carbons (Fsp3) is 0.577. The number of esters is 1. The van der Waals surface area contributed by atoms with Crippen LogP contribution in [0.15, 0.2) is 35.1 Å². The molecule has 1 aromatic heterocycles. The van der Waals surface area contributed by atoms with E-state index in [4.69, 9.17) is 14.6 Å². The summed E-state index contributed by atoms with van der Waals surface area (Å²) in [5.41, 5.74) is 2.27. The zero-order chi connectivity index (χ0) is 24.0.